The van der Waals surface area contributed by atoms with E-state index in [1.165, 1.54) is 0 Å². The minimum Gasteiger partial charge on any atom is -0.403 e. The maximum Gasteiger partial charge on any atom is 0.317 e. The third-order valence-corrected chi connectivity index (χ3v) is 6.74. The number of benzene rings is 2. The number of aliphatic imine (C=N–C) groups is 1. The van der Waals surface area contributed by atoms with Gasteiger partial charge in [0.25, 0.3) is 5.89 Å². The molecule has 11 heteroatoms. The van der Waals surface area contributed by atoms with E-state index in [9.17, 15) is 4.79 Å². The minimum absolute atomic E-state index is 0.0884. The van der Waals surface area contributed by atoms with Gasteiger partial charge >= 0.3 is 6.01 Å². The van der Waals surface area contributed by atoms with Crippen molar-refractivity contribution in [1.29, 1.82) is 0 Å². The lowest BCUT2D eigenvalue weighted by molar-refractivity contribution is -0.119. The first kappa shape index (κ1) is 25.0. The molecule has 4 aromatic rings. The van der Waals surface area contributed by atoms with Gasteiger partial charge in [0, 0.05) is 43.9 Å². The quantitative estimate of drug-likeness (QED) is 0.369. The Morgan fingerprint density at radius 3 is 2.64 bits per heavy atom. The number of hydrogen-bond acceptors (Lipinski definition) is 10. The summed E-state index contributed by atoms with van der Waals surface area (Å²) in [6.07, 6.45) is 1.23. The van der Waals surface area contributed by atoms with E-state index < -0.39 is 6.17 Å². The zero-order valence-corrected chi connectivity index (χ0v) is 21.6. The van der Waals surface area contributed by atoms with Crippen LogP contribution in [0, 0.1) is 0 Å². The van der Waals surface area contributed by atoms with E-state index in [0.29, 0.717) is 50.9 Å². The molecule has 2 aromatic carbocycles. The number of aromatic nitrogens is 4. The number of methoxy groups -OCH3 is 1. The van der Waals surface area contributed by atoms with Crippen LogP contribution in [0.1, 0.15) is 16.7 Å². The summed E-state index contributed by atoms with van der Waals surface area (Å²) in [6.45, 7) is 3.77. The first-order valence-corrected chi connectivity index (χ1v) is 12.9. The second-order valence-corrected chi connectivity index (χ2v) is 9.32. The van der Waals surface area contributed by atoms with E-state index in [-0.39, 0.29) is 18.2 Å². The van der Waals surface area contributed by atoms with Gasteiger partial charge in [-0.2, -0.15) is 5.10 Å². The normalized spacial score (nSPS) is 17.5. The number of Topliss-reactive ketones (excluding diaryl/α,β-unsaturated/α-hetero) is 1. The molecule has 0 spiro atoms. The lowest BCUT2D eigenvalue weighted by Crippen LogP contribution is -2.36. The largest absolute Gasteiger partial charge is 0.403 e. The Morgan fingerprint density at radius 2 is 1.82 bits per heavy atom. The Kier molecular flexibility index (Phi) is 7.15. The first-order valence-electron chi connectivity index (χ1n) is 12.9. The average molecular weight is 528 g/mol. The van der Waals surface area contributed by atoms with Crippen LogP contribution in [0.5, 0.6) is 0 Å². The molecule has 0 amide bonds. The fourth-order valence-corrected chi connectivity index (χ4v) is 4.78. The molecule has 1 saturated heterocycles. The maximum atomic E-state index is 13.3. The first-order chi connectivity index (χ1) is 19.2. The van der Waals surface area contributed by atoms with E-state index in [2.05, 4.69) is 20.4 Å². The number of ether oxygens (including phenoxy) is 2. The van der Waals surface area contributed by atoms with Crippen molar-refractivity contribution in [1.82, 2.24) is 20.0 Å². The third kappa shape index (κ3) is 5.31. The summed E-state index contributed by atoms with van der Waals surface area (Å²) in [5.41, 5.74) is 4.24. The summed E-state index contributed by atoms with van der Waals surface area (Å²) >= 11 is 0. The Hall–Kier alpha value is -4.35. The number of rotatable bonds is 8. The zero-order chi connectivity index (χ0) is 26.6. The number of nitrogens with zero attached hydrogens (tertiary/aromatic N) is 6. The molecule has 11 nitrogen and oxygen atoms in total. The van der Waals surface area contributed by atoms with Crippen molar-refractivity contribution in [3.63, 3.8) is 0 Å². The Morgan fingerprint density at radius 1 is 1.03 bits per heavy atom. The minimum atomic E-state index is -0.885. The van der Waals surface area contributed by atoms with Gasteiger partial charge in [-0.1, -0.05) is 59.7 Å². The summed E-state index contributed by atoms with van der Waals surface area (Å²) in [5, 5.41) is 16.3. The second-order valence-electron chi connectivity index (χ2n) is 9.32. The molecule has 0 saturated carbocycles. The molecular weight excluding hydrogens is 498 g/mol. The van der Waals surface area contributed by atoms with Gasteiger partial charge in [0.05, 0.1) is 32.1 Å². The second kappa shape index (κ2) is 11.2. The predicted molar refractivity (Wildman–Crippen MR) is 145 cm³/mol. The fraction of sp³-hybridized carbons (Fsp3) is 0.321. The molecule has 2 aliphatic rings. The molecule has 0 bridgehead atoms. The predicted octanol–water partition coefficient (Wildman–Crippen LogP) is 2.82. The number of nitrogens with one attached hydrogen (secondary N) is 1. The van der Waals surface area contributed by atoms with Crippen LogP contribution >= 0.6 is 0 Å². The molecule has 2 aromatic heterocycles. The lowest BCUT2D eigenvalue weighted by atomic mass is 9.96. The molecular formula is C28H29N7O4. The summed E-state index contributed by atoms with van der Waals surface area (Å²) in [5.74, 6) is 0.962. The van der Waals surface area contributed by atoms with E-state index in [1.807, 2.05) is 65.5 Å². The number of ketones is 1. The number of carbonyl (C=O) groups excluding carboxylic acids is 1. The highest BCUT2D eigenvalue weighted by atomic mass is 16.5. The average Bonchev–Trinajstić information content (AvgIpc) is 3.59. The van der Waals surface area contributed by atoms with Crippen molar-refractivity contribution in [2.24, 2.45) is 4.99 Å². The van der Waals surface area contributed by atoms with E-state index >= 15 is 0 Å². The van der Waals surface area contributed by atoms with Gasteiger partial charge in [-0.3, -0.25) is 14.5 Å². The van der Waals surface area contributed by atoms with E-state index in [1.54, 1.807) is 7.11 Å². The Bertz CT molecular complexity index is 1470. The lowest BCUT2D eigenvalue weighted by Gasteiger charge is -2.27. The van der Waals surface area contributed by atoms with Crippen LogP contribution in [0.3, 0.4) is 0 Å². The smallest absolute Gasteiger partial charge is 0.317 e. The van der Waals surface area contributed by atoms with Gasteiger partial charge < -0.3 is 24.1 Å². The van der Waals surface area contributed by atoms with Crippen LogP contribution < -0.4 is 10.2 Å². The van der Waals surface area contributed by atoms with Crippen molar-refractivity contribution < 1.29 is 18.7 Å². The highest BCUT2D eigenvalue weighted by molar-refractivity contribution is 6.16. The molecule has 1 fully saturated rings. The summed E-state index contributed by atoms with van der Waals surface area (Å²) in [4.78, 5) is 20.3. The van der Waals surface area contributed by atoms with Crippen molar-refractivity contribution in [2.45, 2.75) is 19.1 Å². The molecule has 4 heterocycles. The van der Waals surface area contributed by atoms with Crippen LogP contribution in [0.4, 0.5) is 11.8 Å². The molecule has 1 atom stereocenters. The summed E-state index contributed by atoms with van der Waals surface area (Å²) < 4.78 is 18.6. The Labute approximate surface area is 225 Å². The molecule has 1 N–H and O–H groups in total. The fourth-order valence-electron chi connectivity index (χ4n) is 4.78. The monoisotopic (exact) mass is 527 g/mol. The highest BCUT2D eigenvalue weighted by Gasteiger charge is 2.28. The van der Waals surface area contributed by atoms with E-state index in [4.69, 9.17) is 24.0 Å². The number of carbonyl (C=O) groups is 1. The topological polar surface area (TPSA) is 120 Å². The number of fused-ring (bicyclic) bond motifs is 1. The summed E-state index contributed by atoms with van der Waals surface area (Å²) in [7, 11) is 1.65. The van der Waals surface area contributed by atoms with Crippen LogP contribution in [0.15, 0.2) is 70.2 Å². The van der Waals surface area contributed by atoms with Gasteiger partial charge in [-0.05, 0) is 5.56 Å². The molecule has 0 aliphatic carbocycles. The van der Waals surface area contributed by atoms with Gasteiger partial charge in [0.15, 0.2) is 17.8 Å². The van der Waals surface area contributed by atoms with Crippen molar-refractivity contribution >= 4 is 23.3 Å². The van der Waals surface area contributed by atoms with Crippen LogP contribution in [-0.2, 0) is 27.2 Å². The number of anilines is 2. The SMILES string of the molecule is COCCn1cc(-c2nnc(N[C@H]3N=C(c4ccccc4)c4ccccc4CC3=O)o2)c(N2CCOCC2)n1. The molecule has 0 unspecified atom stereocenters. The van der Waals surface area contributed by atoms with E-state index in [0.717, 1.165) is 28.2 Å². The molecule has 0 radical (unpaired) electrons. The standard InChI is InChI=1S/C28H29N7O4/c1-37-14-13-35-18-22(26(33-35)34-11-15-38-16-12-34)27-31-32-28(39-27)30-25-23(36)17-20-9-5-6-10-21(20)24(29-25)19-7-3-2-4-8-19/h2-10,18,25H,11-17H2,1H3,(H,30,32)/t25-/m1/s1. The molecule has 200 valence electrons. The van der Waals surface area contributed by atoms with Crippen molar-refractivity contribution in [3.05, 3.63) is 77.5 Å². The van der Waals surface area contributed by atoms with Crippen molar-refractivity contribution in [3.8, 4) is 11.5 Å². The zero-order valence-electron chi connectivity index (χ0n) is 21.6. The Balaban J connectivity index is 1.31. The van der Waals surface area contributed by atoms with Gasteiger partial charge in [-0.25, -0.2) is 0 Å². The van der Waals surface area contributed by atoms with Gasteiger partial charge in [0.2, 0.25) is 0 Å². The van der Waals surface area contributed by atoms with Crippen LogP contribution in [0.25, 0.3) is 11.5 Å². The van der Waals surface area contributed by atoms with Gasteiger partial charge in [-0.15, -0.1) is 5.10 Å². The molecule has 2 aliphatic heterocycles. The molecule has 39 heavy (non-hydrogen) atoms. The number of hydrogen-bond donors (Lipinski definition) is 1. The maximum absolute atomic E-state index is 13.3. The van der Waals surface area contributed by atoms with Crippen LogP contribution in [0.2, 0.25) is 0 Å². The van der Waals surface area contributed by atoms with Crippen molar-refractivity contribution in [2.75, 3.05) is 50.2 Å². The van der Waals surface area contributed by atoms with Gasteiger partial charge in [0.1, 0.15) is 5.56 Å². The van der Waals surface area contributed by atoms with Crippen LogP contribution in [-0.4, -0.2) is 77.7 Å². The summed E-state index contributed by atoms with van der Waals surface area (Å²) in [6, 6.07) is 17.8. The number of morpholine rings is 1. The third-order valence-electron chi connectivity index (χ3n) is 6.74. The molecule has 6 rings (SSSR count). The highest BCUT2D eigenvalue weighted by Crippen LogP contribution is 2.31.